The molecule has 0 saturated carbocycles. The maximum atomic E-state index is 12.9. The molecule has 6 nitrogen and oxygen atoms in total. The first-order valence-electron chi connectivity index (χ1n) is 8.40. The van der Waals surface area contributed by atoms with E-state index in [9.17, 15) is 4.79 Å². The molecule has 3 heterocycles. The summed E-state index contributed by atoms with van der Waals surface area (Å²) in [4.78, 5) is 15.3. The Morgan fingerprint density at radius 2 is 1.96 bits per heavy atom. The molecule has 126 valence electrons. The molecule has 3 aromatic rings. The van der Waals surface area contributed by atoms with Crippen LogP contribution in [-0.2, 0) is 18.3 Å². The average Bonchev–Trinajstić information content (AvgIpc) is 2.98. The number of morpholine rings is 1. The van der Waals surface area contributed by atoms with Crippen LogP contribution in [0.3, 0.4) is 0 Å². The fraction of sp³-hybridized carbons (Fsp3) is 0.444. The van der Waals surface area contributed by atoms with Gasteiger partial charge in [0.05, 0.1) is 30.4 Å². The molecular formula is C18H22N4O2. The molecule has 0 atom stereocenters. The lowest BCUT2D eigenvalue weighted by Crippen LogP contribution is -2.38. The Balaban J connectivity index is 1.84. The van der Waals surface area contributed by atoms with Crippen molar-refractivity contribution >= 4 is 21.9 Å². The molecule has 4 rings (SSSR count). The highest BCUT2D eigenvalue weighted by atomic mass is 16.5. The smallest absolute Gasteiger partial charge is 0.215 e. The third-order valence-corrected chi connectivity index (χ3v) is 4.86. The largest absolute Gasteiger partial charge is 0.379 e. The van der Waals surface area contributed by atoms with Crippen molar-refractivity contribution in [2.24, 2.45) is 7.05 Å². The molecule has 6 heteroatoms. The number of pyridine rings is 1. The van der Waals surface area contributed by atoms with E-state index in [0.717, 1.165) is 61.4 Å². The van der Waals surface area contributed by atoms with E-state index in [1.165, 1.54) is 0 Å². The van der Waals surface area contributed by atoms with Gasteiger partial charge in [0.1, 0.15) is 5.52 Å². The first-order chi connectivity index (χ1) is 11.6. The molecule has 0 spiro atoms. The summed E-state index contributed by atoms with van der Waals surface area (Å²) in [5.74, 6) is 0. The van der Waals surface area contributed by atoms with Crippen molar-refractivity contribution in [3.8, 4) is 0 Å². The Bertz CT molecular complexity index is 951. The van der Waals surface area contributed by atoms with Gasteiger partial charge in [-0.1, -0.05) is 11.6 Å². The van der Waals surface area contributed by atoms with Gasteiger partial charge in [-0.2, -0.15) is 5.10 Å². The van der Waals surface area contributed by atoms with Crippen LogP contribution in [-0.4, -0.2) is 52.1 Å². The summed E-state index contributed by atoms with van der Waals surface area (Å²) in [6.07, 6.45) is 1.80. The van der Waals surface area contributed by atoms with Crippen molar-refractivity contribution in [2.45, 2.75) is 13.5 Å². The predicted molar refractivity (Wildman–Crippen MR) is 94.5 cm³/mol. The van der Waals surface area contributed by atoms with E-state index >= 15 is 0 Å². The summed E-state index contributed by atoms with van der Waals surface area (Å²) < 4.78 is 9.34. The molecule has 0 aliphatic carbocycles. The van der Waals surface area contributed by atoms with Crippen molar-refractivity contribution < 1.29 is 4.74 Å². The van der Waals surface area contributed by atoms with Gasteiger partial charge < -0.3 is 9.30 Å². The van der Waals surface area contributed by atoms with E-state index in [1.807, 2.05) is 20.0 Å². The lowest BCUT2D eigenvalue weighted by molar-refractivity contribution is 0.0366. The van der Waals surface area contributed by atoms with Gasteiger partial charge in [-0.25, -0.2) is 0 Å². The number of benzene rings is 1. The van der Waals surface area contributed by atoms with E-state index in [0.29, 0.717) is 5.52 Å². The van der Waals surface area contributed by atoms with Gasteiger partial charge in [-0.3, -0.25) is 14.4 Å². The minimum absolute atomic E-state index is 0.0614. The Kier molecular flexibility index (Phi) is 3.86. The summed E-state index contributed by atoms with van der Waals surface area (Å²) in [5.41, 5.74) is 3.73. The first kappa shape index (κ1) is 15.4. The van der Waals surface area contributed by atoms with E-state index < -0.39 is 0 Å². The Hall–Kier alpha value is -2.18. The normalized spacial score (nSPS) is 16.2. The number of hydrogen-bond acceptors (Lipinski definition) is 4. The number of ether oxygens (including phenoxy) is 1. The molecule has 1 fully saturated rings. The van der Waals surface area contributed by atoms with Crippen molar-refractivity contribution in [1.82, 2.24) is 19.2 Å². The number of aromatic nitrogens is 3. The van der Waals surface area contributed by atoms with Gasteiger partial charge >= 0.3 is 0 Å². The quantitative estimate of drug-likeness (QED) is 0.732. The number of hydrogen-bond donors (Lipinski definition) is 0. The predicted octanol–water partition coefficient (Wildman–Crippen LogP) is 1.53. The molecule has 1 aliphatic heterocycles. The molecule has 1 saturated heterocycles. The maximum absolute atomic E-state index is 12.9. The number of fused-ring (bicyclic) bond motifs is 2. The number of nitrogens with zero attached hydrogens (tertiary/aromatic N) is 4. The second-order valence-electron chi connectivity index (χ2n) is 6.46. The molecule has 24 heavy (non-hydrogen) atoms. The average molecular weight is 326 g/mol. The van der Waals surface area contributed by atoms with Crippen molar-refractivity contribution in [3.63, 3.8) is 0 Å². The third-order valence-electron chi connectivity index (χ3n) is 4.86. The second-order valence-corrected chi connectivity index (χ2v) is 6.46. The Morgan fingerprint density at radius 1 is 1.17 bits per heavy atom. The van der Waals surface area contributed by atoms with Gasteiger partial charge in [0.2, 0.25) is 5.43 Å². The molecule has 2 aromatic heterocycles. The minimum Gasteiger partial charge on any atom is -0.379 e. The molecule has 0 bridgehead atoms. The summed E-state index contributed by atoms with van der Waals surface area (Å²) in [6.45, 7) is 7.32. The van der Waals surface area contributed by atoms with Gasteiger partial charge in [-0.05, 0) is 19.1 Å². The summed E-state index contributed by atoms with van der Waals surface area (Å²) in [5, 5.41) is 5.09. The van der Waals surface area contributed by atoms with Crippen LogP contribution in [0.25, 0.3) is 21.9 Å². The summed E-state index contributed by atoms with van der Waals surface area (Å²) >= 11 is 0. The van der Waals surface area contributed by atoms with Crippen LogP contribution in [0.15, 0.2) is 29.2 Å². The van der Waals surface area contributed by atoms with Crippen LogP contribution in [0, 0.1) is 6.92 Å². The van der Waals surface area contributed by atoms with E-state index in [4.69, 9.17) is 4.74 Å². The third kappa shape index (κ3) is 2.52. The van der Waals surface area contributed by atoms with E-state index in [-0.39, 0.29) is 5.43 Å². The fourth-order valence-corrected chi connectivity index (χ4v) is 3.52. The highest BCUT2D eigenvalue weighted by Gasteiger charge is 2.16. The molecule has 0 amide bonds. The van der Waals surface area contributed by atoms with Gasteiger partial charge in [0.25, 0.3) is 0 Å². The van der Waals surface area contributed by atoms with Gasteiger partial charge in [0.15, 0.2) is 0 Å². The van der Waals surface area contributed by atoms with Crippen molar-refractivity contribution in [3.05, 3.63) is 40.2 Å². The Morgan fingerprint density at radius 3 is 2.75 bits per heavy atom. The number of aryl methyl sites for hydroxylation is 2. The monoisotopic (exact) mass is 326 g/mol. The Labute approximate surface area is 140 Å². The zero-order valence-corrected chi connectivity index (χ0v) is 14.2. The van der Waals surface area contributed by atoms with Crippen molar-refractivity contribution in [2.75, 3.05) is 32.8 Å². The highest BCUT2D eigenvalue weighted by Crippen LogP contribution is 2.20. The second kappa shape index (κ2) is 6.03. The van der Waals surface area contributed by atoms with Gasteiger partial charge in [0, 0.05) is 38.6 Å². The van der Waals surface area contributed by atoms with Crippen LogP contribution in [0.5, 0.6) is 0 Å². The molecular weight excluding hydrogens is 304 g/mol. The van der Waals surface area contributed by atoms with E-state index in [2.05, 4.69) is 26.7 Å². The van der Waals surface area contributed by atoms with Crippen LogP contribution < -0.4 is 5.43 Å². The topological polar surface area (TPSA) is 52.3 Å². The van der Waals surface area contributed by atoms with Crippen LogP contribution in [0.1, 0.15) is 5.56 Å². The van der Waals surface area contributed by atoms with E-state index in [1.54, 1.807) is 10.9 Å². The molecule has 0 N–H and O–H groups in total. The first-order valence-corrected chi connectivity index (χ1v) is 8.40. The molecule has 1 aromatic carbocycles. The molecule has 1 aliphatic rings. The molecule has 0 unspecified atom stereocenters. The summed E-state index contributed by atoms with van der Waals surface area (Å²) in [7, 11) is 1.83. The standard InChI is InChI=1S/C18H22N4O2/c1-13-3-4-15-14(11-13)18(23)17-16(12-19-20(17)2)22(15)6-5-21-7-9-24-10-8-21/h3-4,11-12H,5-10H2,1-2H3. The summed E-state index contributed by atoms with van der Waals surface area (Å²) in [6, 6.07) is 6.10. The van der Waals surface area contributed by atoms with Gasteiger partial charge in [-0.15, -0.1) is 0 Å². The molecule has 0 radical (unpaired) electrons. The minimum atomic E-state index is 0.0614. The van der Waals surface area contributed by atoms with Crippen LogP contribution in [0.4, 0.5) is 0 Å². The lowest BCUT2D eigenvalue weighted by atomic mass is 10.1. The van der Waals surface area contributed by atoms with Crippen LogP contribution >= 0.6 is 0 Å². The van der Waals surface area contributed by atoms with Crippen molar-refractivity contribution in [1.29, 1.82) is 0 Å². The SMILES string of the molecule is Cc1ccc2c(c1)c(=O)c1c(cnn1C)n2CCN1CCOCC1. The highest BCUT2D eigenvalue weighted by molar-refractivity contribution is 5.92. The zero-order valence-electron chi connectivity index (χ0n) is 14.2. The maximum Gasteiger partial charge on any atom is 0.215 e. The zero-order chi connectivity index (χ0) is 16.7. The fourth-order valence-electron chi connectivity index (χ4n) is 3.52. The number of rotatable bonds is 3. The lowest BCUT2D eigenvalue weighted by Gasteiger charge is -2.27. The van der Waals surface area contributed by atoms with Crippen LogP contribution in [0.2, 0.25) is 0 Å².